The lowest BCUT2D eigenvalue weighted by Crippen LogP contribution is -2.49. The number of nitrogens with zero attached hydrogens (tertiary/aromatic N) is 1. The molecule has 1 N–H and O–H groups in total. The number of amides is 1. The Bertz CT molecular complexity index is 740. The van der Waals surface area contributed by atoms with Crippen molar-refractivity contribution >= 4 is 16.4 Å². The van der Waals surface area contributed by atoms with Crippen LogP contribution in [0.1, 0.15) is 32.1 Å². The van der Waals surface area contributed by atoms with Crippen molar-refractivity contribution < 1.29 is 26.5 Å². The first-order valence-corrected chi connectivity index (χ1v) is 10.2. The Balaban J connectivity index is 1.51. The van der Waals surface area contributed by atoms with Gasteiger partial charge in [0.25, 0.3) is 0 Å². The van der Waals surface area contributed by atoms with E-state index in [1.54, 1.807) is 4.72 Å². The van der Waals surface area contributed by atoms with Crippen LogP contribution < -0.4 is 8.91 Å². The molecule has 0 bridgehead atoms. The monoisotopic (exact) mass is 386 g/mol. The Morgan fingerprint density at radius 1 is 1.19 bits per heavy atom. The van der Waals surface area contributed by atoms with Crippen LogP contribution in [-0.2, 0) is 15.0 Å². The molecule has 0 spiro atoms. The number of nitrogens with one attached hydrogen (secondary N) is 1. The van der Waals surface area contributed by atoms with E-state index in [0.717, 1.165) is 50.9 Å². The van der Waals surface area contributed by atoms with Gasteiger partial charge >= 0.3 is 16.4 Å². The minimum absolute atomic E-state index is 0.155. The second-order valence-corrected chi connectivity index (χ2v) is 7.95. The molecule has 2 atom stereocenters. The average Bonchev–Trinajstić information content (AvgIpc) is 2.61. The van der Waals surface area contributed by atoms with Crippen molar-refractivity contribution in [1.29, 1.82) is 0 Å². The first-order chi connectivity index (χ1) is 12.4. The van der Waals surface area contributed by atoms with Gasteiger partial charge in [-0.1, -0.05) is 18.6 Å². The number of hydrogen-bond donors (Lipinski definition) is 1. The van der Waals surface area contributed by atoms with Crippen molar-refractivity contribution in [2.24, 2.45) is 5.92 Å². The molecule has 3 rings (SSSR count). The largest absolute Gasteiger partial charge is 0.448 e. The maximum Gasteiger partial charge on any atom is 0.423 e. The van der Waals surface area contributed by atoms with Gasteiger partial charge in [-0.05, 0) is 50.9 Å². The molecule has 0 radical (unpaired) electrons. The van der Waals surface area contributed by atoms with Gasteiger partial charge in [-0.15, -0.1) is 0 Å². The third-order valence-corrected chi connectivity index (χ3v) is 5.72. The fourth-order valence-electron chi connectivity index (χ4n) is 3.74. The van der Waals surface area contributed by atoms with Crippen LogP contribution in [0.5, 0.6) is 5.75 Å². The van der Waals surface area contributed by atoms with Crippen molar-refractivity contribution in [2.75, 3.05) is 19.7 Å². The maximum atomic E-state index is 13.5. The topological polar surface area (TPSA) is 84.9 Å². The highest BCUT2D eigenvalue weighted by Crippen LogP contribution is 2.31. The number of carbonyl (C=O) groups is 1. The van der Waals surface area contributed by atoms with E-state index < -0.39 is 28.0 Å². The first kappa shape index (κ1) is 18.9. The van der Waals surface area contributed by atoms with E-state index in [1.807, 2.05) is 0 Å². The number of fused-ring (bicyclic) bond motifs is 1. The van der Waals surface area contributed by atoms with E-state index in [1.165, 1.54) is 18.6 Å². The molecule has 1 aromatic rings. The Hall–Kier alpha value is -1.87. The zero-order valence-electron chi connectivity index (χ0n) is 14.4. The zero-order chi connectivity index (χ0) is 18.6. The molecule has 1 amide bonds. The minimum Gasteiger partial charge on any atom is -0.448 e. The number of hydrogen-bond acceptors (Lipinski definition) is 6. The van der Waals surface area contributed by atoms with Crippen molar-refractivity contribution in [3.63, 3.8) is 0 Å². The lowest BCUT2D eigenvalue weighted by Gasteiger charge is -2.44. The van der Waals surface area contributed by atoms with E-state index in [9.17, 15) is 17.6 Å². The number of halogens is 1. The fraction of sp³-hybridized carbons (Fsp3) is 0.588. The summed E-state index contributed by atoms with van der Waals surface area (Å²) in [4.78, 5) is 14.3. The summed E-state index contributed by atoms with van der Waals surface area (Å²) in [5.41, 5.74) is 0. The molecule has 0 aliphatic carbocycles. The van der Waals surface area contributed by atoms with Gasteiger partial charge in [0.1, 0.15) is 0 Å². The molecule has 2 aliphatic rings. The Kier molecular flexibility index (Phi) is 5.98. The summed E-state index contributed by atoms with van der Waals surface area (Å²) >= 11 is 0. The molecule has 2 heterocycles. The number of piperidine rings is 2. The van der Waals surface area contributed by atoms with Crippen molar-refractivity contribution in [2.45, 2.75) is 38.1 Å². The van der Waals surface area contributed by atoms with E-state index in [-0.39, 0.29) is 12.5 Å². The van der Waals surface area contributed by atoms with Crippen LogP contribution in [0.25, 0.3) is 0 Å². The maximum absolute atomic E-state index is 13.5. The van der Waals surface area contributed by atoms with Crippen LogP contribution in [0.3, 0.4) is 0 Å². The molecular weight excluding hydrogens is 363 g/mol. The van der Waals surface area contributed by atoms with Gasteiger partial charge in [0.15, 0.2) is 11.6 Å². The number of ether oxygens (including phenoxy) is 1. The molecule has 26 heavy (non-hydrogen) atoms. The van der Waals surface area contributed by atoms with Crippen LogP contribution in [0.2, 0.25) is 0 Å². The van der Waals surface area contributed by atoms with Crippen molar-refractivity contribution in [3.8, 4) is 5.75 Å². The predicted molar refractivity (Wildman–Crippen MR) is 92.4 cm³/mol. The lowest BCUT2D eigenvalue weighted by molar-refractivity contribution is 0.0244. The summed E-state index contributed by atoms with van der Waals surface area (Å²) < 4.78 is 48.4. The van der Waals surface area contributed by atoms with Crippen LogP contribution in [0.4, 0.5) is 9.18 Å². The Morgan fingerprint density at radius 2 is 1.96 bits per heavy atom. The second kappa shape index (κ2) is 8.22. The standard InChI is InChI=1S/C17H23FN2O5S/c18-14-7-1-2-9-16(14)25-26(22,23)19-17(21)24-12-13-6-5-11-20-10-4-3-8-15(13)20/h1-2,7,9,13,15H,3-6,8,10-12H2,(H,19,21)/t13-,15?/m0/s1. The van der Waals surface area contributed by atoms with Crippen molar-refractivity contribution in [3.05, 3.63) is 30.1 Å². The van der Waals surface area contributed by atoms with Crippen LogP contribution >= 0.6 is 0 Å². The van der Waals surface area contributed by atoms with Gasteiger partial charge in [-0.25, -0.2) is 9.18 Å². The SMILES string of the molecule is O=C(NS(=O)(=O)Oc1ccccc1F)OC[C@@H]1CCCN2CCCCC12. The van der Waals surface area contributed by atoms with E-state index in [0.29, 0.717) is 6.04 Å². The fourth-order valence-corrected chi connectivity index (χ4v) is 4.41. The predicted octanol–water partition coefficient (Wildman–Crippen LogP) is 2.44. The lowest BCUT2D eigenvalue weighted by atomic mass is 9.84. The third-order valence-electron chi connectivity index (χ3n) is 4.90. The first-order valence-electron chi connectivity index (χ1n) is 8.82. The molecule has 0 saturated carbocycles. The summed E-state index contributed by atoms with van der Waals surface area (Å²) in [6.45, 7) is 2.29. The summed E-state index contributed by atoms with van der Waals surface area (Å²) in [6, 6.07) is 5.42. The van der Waals surface area contributed by atoms with Gasteiger partial charge in [0.2, 0.25) is 0 Å². The molecule has 144 valence electrons. The molecule has 1 unspecified atom stereocenters. The average molecular weight is 386 g/mol. The highest BCUT2D eigenvalue weighted by atomic mass is 32.2. The highest BCUT2D eigenvalue weighted by molar-refractivity contribution is 7.85. The summed E-state index contributed by atoms with van der Waals surface area (Å²) in [7, 11) is -4.51. The van der Waals surface area contributed by atoms with Gasteiger partial charge < -0.3 is 8.92 Å². The van der Waals surface area contributed by atoms with E-state index in [2.05, 4.69) is 9.08 Å². The number of rotatable bonds is 5. The van der Waals surface area contributed by atoms with Gasteiger partial charge in [-0.3, -0.25) is 4.90 Å². The second-order valence-electron chi connectivity index (χ2n) is 6.67. The molecular formula is C17H23FN2O5S. The Morgan fingerprint density at radius 3 is 2.77 bits per heavy atom. The van der Waals surface area contributed by atoms with Gasteiger partial charge in [0.05, 0.1) is 6.61 Å². The minimum atomic E-state index is -4.51. The smallest absolute Gasteiger partial charge is 0.423 e. The molecule has 0 aromatic heterocycles. The van der Waals surface area contributed by atoms with E-state index in [4.69, 9.17) is 4.74 Å². The van der Waals surface area contributed by atoms with Crippen LogP contribution in [0, 0.1) is 11.7 Å². The molecule has 2 aliphatic heterocycles. The normalized spacial score (nSPS) is 23.7. The summed E-state index contributed by atoms with van der Waals surface area (Å²) in [5, 5.41) is 0. The molecule has 9 heteroatoms. The number of para-hydroxylation sites is 1. The summed E-state index contributed by atoms with van der Waals surface area (Å²) in [6.07, 6.45) is 4.30. The molecule has 1 aromatic carbocycles. The van der Waals surface area contributed by atoms with Gasteiger partial charge in [-0.2, -0.15) is 13.1 Å². The highest BCUT2D eigenvalue weighted by Gasteiger charge is 2.34. The molecule has 7 nitrogen and oxygen atoms in total. The molecule has 2 saturated heterocycles. The number of benzene rings is 1. The number of carbonyl (C=O) groups excluding carboxylic acids is 1. The zero-order valence-corrected chi connectivity index (χ0v) is 15.2. The van der Waals surface area contributed by atoms with Crippen LogP contribution in [-0.4, -0.2) is 45.1 Å². The van der Waals surface area contributed by atoms with Gasteiger partial charge in [0, 0.05) is 12.0 Å². The van der Waals surface area contributed by atoms with Crippen molar-refractivity contribution in [1.82, 2.24) is 9.62 Å². The summed E-state index contributed by atoms with van der Waals surface area (Å²) in [5.74, 6) is -1.13. The van der Waals surface area contributed by atoms with E-state index >= 15 is 0 Å². The molecule has 2 fully saturated rings. The van der Waals surface area contributed by atoms with Crippen LogP contribution in [0.15, 0.2) is 24.3 Å². The quantitative estimate of drug-likeness (QED) is 0.837. The third kappa shape index (κ3) is 4.85. The Labute approximate surface area is 152 Å².